The van der Waals surface area contributed by atoms with Gasteiger partial charge in [-0.25, -0.2) is 4.79 Å². The molecule has 0 atom stereocenters. The van der Waals surface area contributed by atoms with Crippen LogP contribution < -0.4 is 14.9 Å². The number of carbonyl (C=O) groups is 2. The third-order valence-electron chi connectivity index (χ3n) is 4.20. The van der Waals surface area contributed by atoms with Gasteiger partial charge in [-0.2, -0.15) is 0 Å². The van der Waals surface area contributed by atoms with Crippen molar-refractivity contribution in [1.82, 2.24) is 0 Å². The molecule has 0 saturated heterocycles. The highest BCUT2D eigenvalue weighted by molar-refractivity contribution is 6.09. The molecule has 132 valence electrons. The summed E-state index contributed by atoms with van der Waals surface area (Å²) in [5.74, 6) is -1.24. The maximum atomic E-state index is 12.9. The van der Waals surface area contributed by atoms with Crippen molar-refractivity contribution >= 4 is 33.7 Å². The number of aromatic hydroxyl groups is 1. The first-order chi connectivity index (χ1) is 12.4. The number of phenolic OH excluding ortho intramolecular Hbond substituents is 1. The third-order valence-corrected chi connectivity index (χ3v) is 4.20. The molecule has 0 radical (unpaired) electrons. The number of benzene rings is 2. The Labute approximate surface area is 145 Å². The number of fused-ring (bicyclic) bond motifs is 3. The van der Waals surface area contributed by atoms with Crippen molar-refractivity contribution in [1.29, 1.82) is 0 Å². The Bertz CT molecular complexity index is 1170. The normalized spacial score (nSPS) is 12.5. The number of carbonyl (C=O) groups excluding carboxylic acids is 2. The minimum absolute atomic E-state index is 0.0139. The van der Waals surface area contributed by atoms with Gasteiger partial charge in [0.15, 0.2) is 17.3 Å². The summed E-state index contributed by atoms with van der Waals surface area (Å²) in [5.41, 5.74) is -0.408. The summed E-state index contributed by atoms with van der Waals surface area (Å²) < 4.78 is 20.7. The van der Waals surface area contributed by atoms with Crippen LogP contribution in [0.1, 0.15) is 27.6 Å². The zero-order chi connectivity index (χ0) is 18.6. The highest BCUT2D eigenvalue weighted by atomic mass is 16.7. The SMILES string of the molecule is COC(=O)c1cc2oc3cc4c(c(O)c3c(=O)c2cc1C(C)=O)OCO4. The maximum absolute atomic E-state index is 12.9. The lowest BCUT2D eigenvalue weighted by molar-refractivity contribution is 0.0597. The first kappa shape index (κ1) is 15.9. The predicted molar refractivity (Wildman–Crippen MR) is 89.1 cm³/mol. The number of ether oxygens (including phenoxy) is 3. The van der Waals surface area contributed by atoms with E-state index < -0.39 is 22.9 Å². The standard InChI is InChI=1S/C18H12O8/c1-7(19)8-3-10-11(4-9(8)18(22)23-2)26-12-5-13-17(25-6-24-13)16(21)14(12)15(10)20/h3-5,21H,6H2,1-2H3. The van der Waals surface area contributed by atoms with Gasteiger partial charge in [0, 0.05) is 11.6 Å². The Kier molecular flexibility index (Phi) is 3.36. The smallest absolute Gasteiger partial charge is 0.338 e. The number of phenols is 1. The molecule has 0 unspecified atom stereocenters. The molecule has 2 aromatic carbocycles. The number of hydrogen-bond donors (Lipinski definition) is 1. The van der Waals surface area contributed by atoms with E-state index in [9.17, 15) is 19.5 Å². The quantitative estimate of drug-likeness (QED) is 0.423. The van der Waals surface area contributed by atoms with Crippen LogP contribution in [0.25, 0.3) is 21.9 Å². The molecule has 0 fully saturated rings. The van der Waals surface area contributed by atoms with Crippen molar-refractivity contribution in [2.24, 2.45) is 0 Å². The molecule has 1 aliphatic heterocycles. The van der Waals surface area contributed by atoms with E-state index in [4.69, 9.17) is 13.9 Å². The van der Waals surface area contributed by atoms with Crippen LogP contribution in [-0.2, 0) is 4.74 Å². The van der Waals surface area contributed by atoms with Crippen molar-refractivity contribution in [3.8, 4) is 17.2 Å². The number of methoxy groups -OCH3 is 1. The highest BCUT2D eigenvalue weighted by Crippen LogP contribution is 2.45. The van der Waals surface area contributed by atoms with Gasteiger partial charge < -0.3 is 23.7 Å². The number of ketones is 1. The fourth-order valence-corrected chi connectivity index (χ4v) is 2.97. The molecule has 0 spiro atoms. The summed E-state index contributed by atoms with van der Waals surface area (Å²) in [6.45, 7) is 1.18. The second kappa shape index (κ2) is 5.48. The molecule has 2 heterocycles. The van der Waals surface area contributed by atoms with Crippen molar-refractivity contribution in [2.45, 2.75) is 6.92 Å². The summed E-state index contributed by atoms with van der Waals surface area (Å²) in [6, 6.07) is 3.97. The fraction of sp³-hybridized carbons (Fsp3) is 0.167. The second-order valence-electron chi connectivity index (χ2n) is 5.71. The second-order valence-corrected chi connectivity index (χ2v) is 5.71. The van der Waals surface area contributed by atoms with E-state index in [0.717, 1.165) is 0 Å². The molecular weight excluding hydrogens is 344 g/mol. The first-order valence-electron chi connectivity index (χ1n) is 7.57. The lowest BCUT2D eigenvalue weighted by Gasteiger charge is -2.09. The molecule has 0 amide bonds. The van der Waals surface area contributed by atoms with Gasteiger partial charge in [-0.05, 0) is 19.1 Å². The van der Waals surface area contributed by atoms with E-state index in [1.165, 1.54) is 32.2 Å². The molecule has 8 nitrogen and oxygen atoms in total. The monoisotopic (exact) mass is 356 g/mol. The van der Waals surface area contributed by atoms with Crippen LogP contribution in [0, 0.1) is 0 Å². The summed E-state index contributed by atoms with van der Waals surface area (Å²) in [6.07, 6.45) is 0. The average Bonchev–Trinajstić information content (AvgIpc) is 3.08. The lowest BCUT2D eigenvalue weighted by atomic mass is 10.00. The molecule has 0 aliphatic carbocycles. The van der Waals surface area contributed by atoms with Gasteiger partial charge in [0.05, 0.1) is 18.1 Å². The van der Waals surface area contributed by atoms with Gasteiger partial charge in [0.2, 0.25) is 18.0 Å². The topological polar surface area (TPSA) is 112 Å². The molecule has 0 bridgehead atoms. The summed E-state index contributed by atoms with van der Waals surface area (Å²) >= 11 is 0. The molecule has 4 rings (SSSR count). The van der Waals surface area contributed by atoms with Crippen LogP contribution in [0.15, 0.2) is 27.4 Å². The number of hydrogen-bond acceptors (Lipinski definition) is 8. The van der Waals surface area contributed by atoms with Gasteiger partial charge >= 0.3 is 5.97 Å². The average molecular weight is 356 g/mol. The van der Waals surface area contributed by atoms with E-state index in [1.807, 2.05) is 0 Å². The van der Waals surface area contributed by atoms with Crippen LogP contribution in [0.3, 0.4) is 0 Å². The predicted octanol–water partition coefficient (Wildman–Crippen LogP) is 2.37. The molecular formula is C18H12O8. The van der Waals surface area contributed by atoms with Crippen molar-refractivity contribution in [3.63, 3.8) is 0 Å². The van der Waals surface area contributed by atoms with Crippen molar-refractivity contribution in [3.05, 3.63) is 39.5 Å². The largest absolute Gasteiger partial charge is 0.504 e. The van der Waals surface area contributed by atoms with Crippen LogP contribution in [0.4, 0.5) is 0 Å². The Hall–Kier alpha value is -3.55. The minimum atomic E-state index is -0.728. The summed E-state index contributed by atoms with van der Waals surface area (Å²) in [7, 11) is 1.19. The highest BCUT2D eigenvalue weighted by Gasteiger charge is 2.26. The zero-order valence-electron chi connectivity index (χ0n) is 13.7. The van der Waals surface area contributed by atoms with E-state index in [-0.39, 0.29) is 51.4 Å². The van der Waals surface area contributed by atoms with Gasteiger partial charge in [0.25, 0.3) is 0 Å². The van der Waals surface area contributed by atoms with Gasteiger partial charge in [-0.1, -0.05) is 0 Å². The van der Waals surface area contributed by atoms with Crippen molar-refractivity contribution < 1.29 is 33.3 Å². The zero-order valence-corrected chi connectivity index (χ0v) is 13.7. The Morgan fingerprint density at radius 1 is 1.12 bits per heavy atom. The Balaban J connectivity index is 2.14. The molecule has 26 heavy (non-hydrogen) atoms. The van der Waals surface area contributed by atoms with E-state index >= 15 is 0 Å². The molecule has 1 N–H and O–H groups in total. The van der Waals surface area contributed by atoms with Gasteiger partial charge in [-0.3, -0.25) is 9.59 Å². The van der Waals surface area contributed by atoms with E-state index in [1.54, 1.807) is 0 Å². The number of esters is 1. The van der Waals surface area contributed by atoms with Gasteiger partial charge in [-0.15, -0.1) is 0 Å². The molecule has 0 saturated carbocycles. The van der Waals surface area contributed by atoms with Crippen molar-refractivity contribution in [2.75, 3.05) is 13.9 Å². The molecule has 8 heteroatoms. The van der Waals surface area contributed by atoms with Crippen LogP contribution in [-0.4, -0.2) is 30.8 Å². The number of Topliss-reactive ketones (excluding diaryl/α,β-unsaturated/α-hetero) is 1. The van der Waals surface area contributed by atoms with Crippen LogP contribution in [0.2, 0.25) is 0 Å². The fourth-order valence-electron chi connectivity index (χ4n) is 2.97. The minimum Gasteiger partial charge on any atom is -0.504 e. The third kappa shape index (κ3) is 2.12. The summed E-state index contributed by atoms with van der Waals surface area (Å²) in [5, 5.41) is 10.3. The summed E-state index contributed by atoms with van der Waals surface area (Å²) in [4.78, 5) is 36.8. The number of rotatable bonds is 2. The van der Waals surface area contributed by atoms with Crippen LogP contribution in [0.5, 0.6) is 17.2 Å². The molecule has 3 aromatic rings. The molecule has 1 aromatic heterocycles. The first-order valence-corrected chi connectivity index (χ1v) is 7.57. The Morgan fingerprint density at radius 2 is 1.88 bits per heavy atom. The lowest BCUT2D eigenvalue weighted by Crippen LogP contribution is -2.11. The van der Waals surface area contributed by atoms with E-state index in [0.29, 0.717) is 0 Å². The van der Waals surface area contributed by atoms with E-state index in [2.05, 4.69) is 4.74 Å². The Morgan fingerprint density at radius 3 is 2.58 bits per heavy atom. The van der Waals surface area contributed by atoms with Crippen LogP contribution >= 0.6 is 0 Å². The molecule has 1 aliphatic rings. The van der Waals surface area contributed by atoms with Gasteiger partial charge in [0.1, 0.15) is 16.6 Å². The maximum Gasteiger partial charge on any atom is 0.338 e.